The average molecular weight is 465 g/mol. The number of nitro groups is 1. The Morgan fingerprint density at radius 1 is 1.25 bits per heavy atom. The molecule has 0 spiro atoms. The summed E-state index contributed by atoms with van der Waals surface area (Å²) in [6.45, 7) is 2.66. The summed E-state index contributed by atoms with van der Waals surface area (Å²) in [7, 11) is 0. The van der Waals surface area contributed by atoms with Crippen molar-refractivity contribution in [1.82, 2.24) is 9.80 Å². The van der Waals surface area contributed by atoms with Crippen LogP contribution in [0.3, 0.4) is 0 Å². The Labute approximate surface area is 185 Å². The smallest absolute Gasteiger partial charge is 0.269 e. The molecule has 0 aliphatic carbocycles. The largest absolute Gasteiger partial charge is 0.354 e. The van der Waals surface area contributed by atoms with E-state index in [0.717, 1.165) is 15.6 Å². The van der Waals surface area contributed by atoms with Crippen molar-refractivity contribution in [2.75, 3.05) is 38.2 Å². The normalized spacial score (nSPS) is 14.9. The van der Waals surface area contributed by atoms with Crippen molar-refractivity contribution in [3.63, 3.8) is 0 Å². The molecule has 11 heteroatoms. The number of carbonyl (C=O) groups is 1. The molecule has 7 nitrogen and oxygen atoms in total. The van der Waals surface area contributed by atoms with Gasteiger partial charge in [0.25, 0.3) is 5.69 Å². The second-order valence-corrected chi connectivity index (χ2v) is 8.77. The summed E-state index contributed by atoms with van der Waals surface area (Å²) in [6, 6.07) is 6.08. The average Bonchev–Trinajstić information content (AvgIpc) is 2.70. The first-order valence-corrected chi connectivity index (χ1v) is 11.4. The molecule has 1 atom stereocenters. The zero-order valence-corrected chi connectivity index (χ0v) is 18.9. The maximum absolute atomic E-state index is 12.4. The van der Waals surface area contributed by atoms with Crippen LogP contribution >= 0.6 is 48.1 Å². The van der Waals surface area contributed by atoms with Gasteiger partial charge in [-0.1, -0.05) is 36.1 Å². The third-order valence-electron chi connectivity index (χ3n) is 4.31. The molecular weight excluding hydrogens is 440 g/mol. The molecule has 1 aliphatic rings. The molecule has 0 saturated carbocycles. The predicted molar refractivity (Wildman–Crippen MR) is 123 cm³/mol. The third-order valence-corrected chi connectivity index (χ3v) is 6.55. The van der Waals surface area contributed by atoms with Gasteiger partial charge >= 0.3 is 0 Å². The maximum Gasteiger partial charge on any atom is 0.269 e. The fourth-order valence-electron chi connectivity index (χ4n) is 2.66. The molecule has 1 unspecified atom stereocenters. The molecule has 0 bridgehead atoms. The summed E-state index contributed by atoms with van der Waals surface area (Å²) in [5.74, 6) is 1.57. The van der Waals surface area contributed by atoms with Gasteiger partial charge in [-0.2, -0.15) is 11.8 Å². The second-order valence-electron chi connectivity index (χ2n) is 6.18. The minimum absolute atomic E-state index is 0. The Bertz CT molecular complexity index is 670. The van der Waals surface area contributed by atoms with Crippen molar-refractivity contribution in [1.29, 1.82) is 0 Å². The van der Waals surface area contributed by atoms with E-state index in [-0.39, 0.29) is 24.0 Å². The van der Waals surface area contributed by atoms with Crippen molar-refractivity contribution in [2.45, 2.75) is 18.2 Å². The summed E-state index contributed by atoms with van der Waals surface area (Å²) in [5, 5.41) is 10.7. The van der Waals surface area contributed by atoms with E-state index in [1.165, 1.54) is 23.9 Å². The third kappa shape index (κ3) is 7.40. The second kappa shape index (κ2) is 12.5. The Morgan fingerprint density at radius 3 is 2.36 bits per heavy atom. The van der Waals surface area contributed by atoms with Gasteiger partial charge in [0.15, 0.2) is 0 Å². The van der Waals surface area contributed by atoms with Crippen molar-refractivity contribution >= 4 is 64.1 Å². The molecule has 1 amide bonds. The summed E-state index contributed by atoms with van der Waals surface area (Å²) in [4.78, 5) is 26.6. The lowest BCUT2D eigenvalue weighted by Gasteiger charge is -2.37. The Morgan fingerprint density at radius 2 is 1.82 bits per heavy atom. The van der Waals surface area contributed by atoms with Gasteiger partial charge in [-0.05, 0) is 24.0 Å². The minimum Gasteiger partial charge on any atom is -0.354 e. The number of halogens is 1. The first-order chi connectivity index (χ1) is 12.9. The lowest BCUT2D eigenvalue weighted by Crippen LogP contribution is -2.53. The molecule has 0 aromatic heterocycles. The standard InChI is InChI=1S/C17H24N4O3S3.ClH/c1-26-11-6-15(18)16(22)19-7-9-20(10-8-19)17(25)27-12-13-2-4-14(5-3-13)21(23)24;/h2-5,15H,6-12,18H2,1H3;1H. The van der Waals surface area contributed by atoms with Gasteiger partial charge in [0.2, 0.25) is 5.91 Å². The molecule has 2 N–H and O–H groups in total. The molecule has 0 radical (unpaired) electrons. The van der Waals surface area contributed by atoms with E-state index in [4.69, 9.17) is 18.0 Å². The number of hydrogen-bond donors (Lipinski definition) is 1. The number of nitro benzene ring substituents is 1. The molecular formula is C17H25ClN4O3S3. The number of carbonyl (C=O) groups excluding carboxylic acids is 1. The van der Waals surface area contributed by atoms with Crippen LogP contribution in [-0.2, 0) is 10.5 Å². The first-order valence-electron chi connectivity index (χ1n) is 8.60. The van der Waals surface area contributed by atoms with E-state index in [0.29, 0.717) is 38.4 Å². The molecule has 2 rings (SSSR count). The fourth-order valence-corrected chi connectivity index (χ4v) is 4.36. The summed E-state index contributed by atoms with van der Waals surface area (Å²) in [6.07, 6.45) is 2.70. The van der Waals surface area contributed by atoms with Crippen LogP contribution in [0.2, 0.25) is 0 Å². The van der Waals surface area contributed by atoms with Crippen molar-refractivity contribution in [2.24, 2.45) is 5.73 Å². The van der Waals surface area contributed by atoms with Crippen molar-refractivity contribution < 1.29 is 9.72 Å². The highest BCUT2D eigenvalue weighted by molar-refractivity contribution is 8.22. The molecule has 1 saturated heterocycles. The van der Waals surface area contributed by atoms with E-state index in [1.54, 1.807) is 23.9 Å². The van der Waals surface area contributed by atoms with Crippen LogP contribution in [0.4, 0.5) is 5.69 Å². The molecule has 1 fully saturated rings. The number of amides is 1. The molecule has 1 aromatic rings. The molecule has 1 heterocycles. The number of rotatable bonds is 7. The van der Waals surface area contributed by atoms with Crippen molar-refractivity contribution in [3.05, 3.63) is 39.9 Å². The van der Waals surface area contributed by atoms with Crippen LogP contribution < -0.4 is 5.73 Å². The Kier molecular flexibility index (Phi) is 11.1. The van der Waals surface area contributed by atoms with Gasteiger partial charge in [0.05, 0.1) is 11.0 Å². The van der Waals surface area contributed by atoms with E-state index in [2.05, 4.69) is 4.90 Å². The zero-order chi connectivity index (χ0) is 19.8. The number of thioether (sulfide) groups is 2. The lowest BCUT2D eigenvalue weighted by atomic mass is 10.2. The van der Waals surface area contributed by atoms with Gasteiger partial charge < -0.3 is 15.5 Å². The van der Waals surface area contributed by atoms with E-state index < -0.39 is 11.0 Å². The predicted octanol–water partition coefficient (Wildman–Crippen LogP) is 2.76. The number of nitrogens with zero attached hydrogens (tertiary/aromatic N) is 3. The summed E-state index contributed by atoms with van der Waals surface area (Å²) >= 11 is 8.73. The number of non-ortho nitro benzene ring substituents is 1. The van der Waals surface area contributed by atoms with Gasteiger partial charge in [0.1, 0.15) is 4.32 Å². The van der Waals surface area contributed by atoms with E-state index in [9.17, 15) is 14.9 Å². The number of benzene rings is 1. The summed E-state index contributed by atoms with van der Waals surface area (Å²) in [5.41, 5.74) is 7.05. The van der Waals surface area contributed by atoms with E-state index >= 15 is 0 Å². The maximum atomic E-state index is 12.4. The molecule has 28 heavy (non-hydrogen) atoms. The van der Waals surface area contributed by atoms with Crippen LogP contribution in [0, 0.1) is 10.1 Å². The van der Waals surface area contributed by atoms with Crippen LogP contribution in [-0.4, -0.2) is 69.2 Å². The van der Waals surface area contributed by atoms with Crippen LogP contribution in [0.5, 0.6) is 0 Å². The number of thiocarbonyl (C=S) groups is 1. The Balaban J connectivity index is 0.00000392. The van der Waals surface area contributed by atoms with Crippen LogP contribution in [0.15, 0.2) is 24.3 Å². The highest BCUT2D eigenvalue weighted by atomic mass is 35.5. The molecule has 156 valence electrons. The van der Waals surface area contributed by atoms with Crippen LogP contribution in [0.1, 0.15) is 12.0 Å². The highest BCUT2D eigenvalue weighted by Crippen LogP contribution is 2.20. The van der Waals surface area contributed by atoms with Gasteiger partial charge in [0, 0.05) is 44.1 Å². The molecule has 1 aromatic carbocycles. The van der Waals surface area contributed by atoms with Gasteiger partial charge in [-0.25, -0.2) is 0 Å². The monoisotopic (exact) mass is 464 g/mol. The fraction of sp³-hybridized carbons (Fsp3) is 0.529. The SMILES string of the molecule is CSCCC(N)C(=O)N1CCN(C(=S)SCc2ccc([N+](=O)[O-])cc2)CC1.Cl. The highest BCUT2D eigenvalue weighted by Gasteiger charge is 2.26. The molecule has 1 aliphatic heterocycles. The minimum atomic E-state index is -0.424. The zero-order valence-electron chi connectivity index (χ0n) is 15.6. The number of hydrogen-bond acceptors (Lipinski definition) is 7. The Hall–Kier alpha value is -1.07. The topological polar surface area (TPSA) is 92.7 Å². The van der Waals surface area contributed by atoms with Gasteiger partial charge in [-0.15, -0.1) is 12.4 Å². The summed E-state index contributed by atoms with van der Waals surface area (Å²) < 4.78 is 0.784. The van der Waals surface area contributed by atoms with Crippen molar-refractivity contribution in [3.8, 4) is 0 Å². The first kappa shape index (κ1) is 25.0. The van der Waals surface area contributed by atoms with E-state index in [1.807, 2.05) is 11.2 Å². The number of piperazine rings is 1. The van der Waals surface area contributed by atoms with Gasteiger partial charge in [-0.3, -0.25) is 14.9 Å². The lowest BCUT2D eigenvalue weighted by molar-refractivity contribution is -0.384. The quantitative estimate of drug-likeness (QED) is 0.374. The number of nitrogens with two attached hydrogens (primary N) is 1. The van der Waals surface area contributed by atoms with Crippen LogP contribution in [0.25, 0.3) is 0 Å².